The standard InChI is InChI=1S/C55H87ClN12O20/c1-4-6-7-8-9-12-22-87-32-15-13-14-30(24-32)23-31(70)25-40(72)60-38-28-88-55(86)43(39(71)27-56)67-46(76)33(5-2)61-52(82)42(29(3)69)66-49(79)36(18-21-59)64-53(83)44(45(75)54(84)85)68-48(78)34(16-10-11-19-57)62-50(80)37(26-41(73)74)65-47(77)35(17-20-58)63-51(38)81/h5,13-15,24,29,31,34-39,42-45,69-71,75H,4,6-12,16-23,25-28,57-59H2,1-3H3,(H,60,72)(H,61,82)(H,62,80)(H,63,81)(H,64,83)(H,65,77)(H,66,79)(H,67,76)(H,68,78)(H,73,74)(H,84,85)/b33-5+/t29-,31+,34?,35?,36-,37-,38?,39+,42?,43?,44?,45-/m0/s1. The molecule has 9 amide bonds. The molecule has 0 aliphatic carbocycles. The third-order valence-electron chi connectivity index (χ3n) is 13.5. The fraction of sp³-hybridized carbons (Fsp3) is 0.636. The summed E-state index contributed by atoms with van der Waals surface area (Å²) in [6.45, 7) is 2.94. The number of amides is 9. The zero-order valence-electron chi connectivity index (χ0n) is 49.5. The van der Waals surface area contributed by atoms with E-state index in [0.29, 0.717) is 17.9 Å². The summed E-state index contributed by atoms with van der Waals surface area (Å²) in [5, 5.41) is 82.6. The number of carboxylic acid groups (broad SMARTS) is 2. The number of aliphatic carboxylic acids is 2. The van der Waals surface area contributed by atoms with Crippen molar-refractivity contribution in [2.45, 2.75) is 183 Å². The summed E-state index contributed by atoms with van der Waals surface area (Å²) >= 11 is 5.91. The van der Waals surface area contributed by atoms with Gasteiger partial charge in [-0.3, -0.25) is 47.9 Å². The number of hydrogen-bond acceptors (Lipinski definition) is 21. The van der Waals surface area contributed by atoms with Crippen LogP contribution in [0.25, 0.3) is 0 Å². The maximum atomic E-state index is 14.3. The molecule has 12 atom stereocenters. The second-order valence-electron chi connectivity index (χ2n) is 20.7. The van der Waals surface area contributed by atoms with E-state index in [4.69, 9.17) is 38.3 Å². The van der Waals surface area contributed by atoms with E-state index in [1.165, 1.54) is 6.92 Å². The molecule has 32 nitrogen and oxygen atoms in total. The summed E-state index contributed by atoms with van der Waals surface area (Å²) in [5.74, 6) is -17.4. The number of carbonyl (C=O) groups excluding carboxylic acids is 10. The number of nitrogens with one attached hydrogen (secondary N) is 9. The smallest absolute Gasteiger partial charge is 0.335 e. The lowest BCUT2D eigenvalue weighted by Crippen LogP contribution is -2.63. The van der Waals surface area contributed by atoms with E-state index in [9.17, 15) is 88.2 Å². The van der Waals surface area contributed by atoms with E-state index in [2.05, 4.69) is 49.5 Å². The van der Waals surface area contributed by atoms with Crippen LogP contribution >= 0.6 is 11.6 Å². The lowest BCUT2D eigenvalue weighted by atomic mass is 10.0. The lowest BCUT2D eigenvalue weighted by Gasteiger charge is -2.29. The molecule has 1 saturated heterocycles. The van der Waals surface area contributed by atoms with Crippen molar-refractivity contribution in [1.29, 1.82) is 0 Å². The number of rotatable bonds is 28. The Balaban J connectivity index is 2.76. The fourth-order valence-electron chi connectivity index (χ4n) is 8.61. The van der Waals surface area contributed by atoms with Crippen LogP contribution in [0.3, 0.4) is 0 Å². The number of nitrogens with two attached hydrogens (primary N) is 3. The lowest BCUT2D eigenvalue weighted by molar-refractivity contribution is -0.153. The molecule has 0 bridgehead atoms. The highest BCUT2D eigenvalue weighted by Gasteiger charge is 2.40. The summed E-state index contributed by atoms with van der Waals surface area (Å²) < 4.78 is 11.2. The normalized spacial score (nSPS) is 23.7. The number of cyclic esters (lactones) is 1. The van der Waals surface area contributed by atoms with Crippen molar-refractivity contribution in [3.8, 4) is 5.75 Å². The topological polar surface area (TPSA) is 531 Å². The average molecular weight is 1270 g/mol. The molecule has 88 heavy (non-hydrogen) atoms. The van der Waals surface area contributed by atoms with Crippen molar-refractivity contribution < 1.29 is 97.6 Å². The molecule has 0 saturated carbocycles. The van der Waals surface area contributed by atoms with E-state index < -0.39 is 194 Å². The van der Waals surface area contributed by atoms with Crippen LogP contribution in [0, 0.1) is 0 Å². The molecular formula is C55H87ClN12O20. The minimum absolute atomic E-state index is 0.0351. The number of unbranched alkanes of at least 4 members (excludes halogenated alkanes) is 6. The summed E-state index contributed by atoms with van der Waals surface area (Å²) in [6, 6.07) is -9.39. The zero-order valence-corrected chi connectivity index (χ0v) is 50.2. The van der Waals surface area contributed by atoms with Gasteiger partial charge >= 0.3 is 17.9 Å². The maximum Gasteiger partial charge on any atom is 0.335 e. The minimum atomic E-state index is -2.78. The number of aliphatic hydroxyl groups is 4. The van der Waals surface area contributed by atoms with Crippen molar-refractivity contribution in [2.75, 3.05) is 38.7 Å². The van der Waals surface area contributed by atoms with Crippen LogP contribution in [0.1, 0.15) is 110 Å². The van der Waals surface area contributed by atoms with Crippen molar-refractivity contribution in [2.24, 2.45) is 17.2 Å². The first-order valence-corrected chi connectivity index (χ1v) is 29.4. The number of carbonyl (C=O) groups is 12. The van der Waals surface area contributed by atoms with Gasteiger partial charge in [-0.25, -0.2) is 9.59 Å². The molecule has 1 aromatic rings. The minimum Gasteiger partial charge on any atom is -0.494 e. The molecule has 2 rings (SSSR count). The van der Waals surface area contributed by atoms with Crippen molar-refractivity contribution >= 4 is 82.7 Å². The molecule has 6 unspecified atom stereocenters. The highest BCUT2D eigenvalue weighted by molar-refractivity contribution is 6.18. The van der Waals surface area contributed by atoms with Crippen LogP contribution in [-0.4, -0.2) is 213 Å². The van der Waals surface area contributed by atoms with Gasteiger partial charge in [0, 0.05) is 0 Å². The van der Waals surface area contributed by atoms with Crippen molar-refractivity contribution in [3.63, 3.8) is 0 Å². The van der Waals surface area contributed by atoms with E-state index in [1.807, 2.05) is 5.32 Å². The van der Waals surface area contributed by atoms with Gasteiger partial charge in [0.2, 0.25) is 47.3 Å². The Labute approximate surface area is 513 Å². The van der Waals surface area contributed by atoms with Gasteiger partial charge in [-0.1, -0.05) is 57.2 Å². The predicted molar refractivity (Wildman–Crippen MR) is 312 cm³/mol. The summed E-state index contributed by atoms with van der Waals surface area (Å²) in [5.41, 5.74) is 17.0. The molecule has 33 heteroatoms. The van der Waals surface area contributed by atoms with Crippen LogP contribution in [0.5, 0.6) is 5.75 Å². The Hall–Kier alpha value is -7.59. The number of aliphatic hydroxyl groups excluding tert-OH is 4. The van der Waals surface area contributed by atoms with E-state index >= 15 is 0 Å². The summed E-state index contributed by atoms with van der Waals surface area (Å²) in [6.07, 6.45) is -3.78. The average Bonchev–Trinajstić information content (AvgIpc) is 3.33. The number of carboxylic acids is 2. The molecule has 0 spiro atoms. The van der Waals surface area contributed by atoms with Crippen molar-refractivity contribution in [3.05, 3.63) is 41.6 Å². The van der Waals surface area contributed by atoms with Gasteiger partial charge in [-0.05, 0) is 96.1 Å². The zero-order chi connectivity index (χ0) is 66.0. The molecule has 0 radical (unpaired) electrons. The van der Waals surface area contributed by atoms with Crippen LogP contribution < -0.4 is 69.8 Å². The molecule has 1 fully saturated rings. The maximum absolute atomic E-state index is 14.3. The first-order chi connectivity index (χ1) is 41.7. The van der Waals surface area contributed by atoms with Gasteiger partial charge in [-0.15, -0.1) is 11.6 Å². The fourth-order valence-corrected chi connectivity index (χ4v) is 8.79. The third-order valence-corrected chi connectivity index (χ3v) is 13.8. The Morgan fingerprint density at radius 2 is 1.26 bits per heavy atom. The Kier molecular flexibility index (Phi) is 35.5. The first-order valence-electron chi connectivity index (χ1n) is 28.9. The molecule has 1 heterocycles. The number of halogens is 1. The van der Waals surface area contributed by atoms with Gasteiger partial charge in [0.15, 0.2) is 12.1 Å². The molecule has 21 N–H and O–H groups in total. The predicted octanol–water partition coefficient (Wildman–Crippen LogP) is -5.10. The number of benzene rings is 1. The second kappa shape index (κ2) is 40.8. The van der Waals surface area contributed by atoms with Crippen LogP contribution in [0.15, 0.2) is 36.0 Å². The number of ether oxygens (including phenoxy) is 2. The molecule has 1 aromatic carbocycles. The van der Waals surface area contributed by atoms with Gasteiger partial charge in [0.05, 0.1) is 43.6 Å². The largest absolute Gasteiger partial charge is 0.494 e. The Morgan fingerprint density at radius 1 is 0.693 bits per heavy atom. The van der Waals surface area contributed by atoms with Crippen LogP contribution in [0.4, 0.5) is 0 Å². The Morgan fingerprint density at radius 3 is 1.84 bits per heavy atom. The highest BCUT2D eigenvalue weighted by Crippen LogP contribution is 2.17. The van der Waals surface area contributed by atoms with Crippen LogP contribution in [0.2, 0.25) is 0 Å². The van der Waals surface area contributed by atoms with Gasteiger partial charge in [0.1, 0.15) is 60.3 Å². The SMILES string of the molecule is C/C=C1/NC(=O)C([C@H](C)O)NC(=O)[C@H](CCN)NC(=O)C([C@H](O)C(=O)O)NC(=O)C(CCCCN)NC(=O)[C@H](CC(=O)O)NC(=O)C(CCN)NC(=O)C(NC(=O)C[C@H](O)Cc2cccc(OCCCCCCCC)c2)COC(=O)C([C@H](O)CCl)NC1=O. The monoisotopic (exact) mass is 1270 g/mol. The molecule has 494 valence electrons. The summed E-state index contributed by atoms with van der Waals surface area (Å²) in [7, 11) is 0. The summed E-state index contributed by atoms with van der Waals surface area (Å²) in [4.78, 5) is 163. The number of alkyl halides is 1. The number of allylic oxidation sites excluding steroid dienone is 1. The highest BCUT2D eigenvalue weighted by atomic mass is 35.5. The van der Waals surface area contributed by atoms with Gasteiger partial charge in [-0.2, -0.15) is 0 Å². The van der Waals surface area contributed by atoms with E-state index in [-0.39, 0.29) is 38.8 Å². The van der Waals surface area contributed by atoms with E-state index in [0.717, 1.165) is 51.5 Å². The first kappa shape index (κ1) is 76.5. The third kappa shape index (κ3) is 27.2. The number of esters is 1. The molecule has 1 aliphatic rings. The Bertz CT molecular complexity index is 2550. The van der Waals surface area contributed by atoms with Gasteiger partial charge in [0.25, 0.3) is 5.91 Å². The van der Waals surface area contributed by atoms with E-state index in [1.54, 1.807) is 24.3 Å². The quantitative estimate of drug-likeness (QED) is 0.0162. The van der Waals surface area contributed by atoms with Crippen LogP contribution in [-0.2, 0) is 68.7 Å². The second-order valence-corrected chi connectivity index (χ2v) is 21.0. The number of hydrogen-bond donors (Lipinski definition) is 18. The molecule has 1 aliphatic heterocycles. The molecular weight excluding hydrogens is 1180 g/mol. The van der Waals surface area contributed by atoms with Gasteiger partial charge < -0.3 is 105 Å². The molecule has 0 aromatic heterocycles. The van der Waals surface area contributed by atoms with Crippen molar-refractivity contribution in [1.82, 2.24) is 47.9 Å².